The molecule has 7 nitrogen and oxygen atoms in total. The molecule has 0 bridgehead atoms. The minimum absolute atomic E-state index is 0.0793. The second-order valence-electron chi connectivity index (χ2n) is 6.56. The molecule has 134 valence electrons. The number of benzene rings is 1. The normalized spacial score (nSPS) is 19.1. The lowest BCUT2D eigenvalue weighted by Crippen LogP contribution is -2.33. The third-order valence-electron chi connectivity index (χ3n) is 4.78. The Morgan fingerprint density at radius 1 is 1.31 bits per heavy atom. The summed E-state index contributed by atoms with van der Waals surface area (Å²) < 4.78 is 7.16. The molecule has 0 spiro atoms. The van der Waals surface area contributed by atoms with Crippen LogP contribution < -0.4 is 5.32 Å². The largest absolute Gasteiger partial charge is 0.381 e. The van der Waals surface area contributed by atoms with Gasteiger partial charge < -0.3 is 10.1 Å². The predicted molar refractivity (Wildman–Crippen MR) is 96.3 cm³/mol. The molecular formula is C19H20N4O3. The van der Waals surface area contributed by atoms with Gasteiger partial charge in [-0.1, -0.05) is 24.8 Å². The third kappa shape index (κ3) is 3.01. The van der Waals surface area contributed by atoms with Crippen LogP contribution in [0.15, 0.2) is 43.1 Å². The van der Waals surface area contributed by atoms with Crippen LogP contribution in [-0.4, -0.2) is 46.3 Å². The summed E-state index contributed by atoms with van der Waals surface area (Å²) in [6, 6.07) is 9.00. The highest BCUT2D eigenvalue weighted by atomic mass is 16.5. The zero-order valence-electron chi connectivity index (χ0n) is 14.4. The summed E-state index contributed by atoms with van der Waals surface area (Å²) in [5.74, 6) is 0.547. The second kappa shape index (κ2) is 6.76. The maximum Gasteiger partial charge on any atom is 0.259 e. The molecule has 1 N–H and O–H groups in total. The van der Waals surface area contributed by atoms with Gasteiger partial charge in [0, 0.05) is 42.0 Å². The lowest BCUT2D eigenvalue weighted by Gasteiger charge is -2.17. The van der Waals surface area contributed by atoms with Gasteiger partial charge in [0.05, 0.1) is 12.8 Å². The van der Waals surface area contributed by atoms with Crippen molar-refractivity contribution in [1.82, 2.24) is 14.7 Å². The fourth-order valence-corrected chi connectivity index (χ4v) is 3.38. The van der Waals surface area contributed by atoms with E-state index in [0.29, 0.717) is 36.1 Å². The van der Waals surface area contributed by atoms with E-state index in [0.717, 1.165) is 18.6 Å². The topological polar surface area (TPSA) is 76.5 Å². The molecule has 1 saturated heterocycles. The van der Waals surface area contributed by atoms with Crippen molar-refractivity contribution < 1.29 is 14.3 Å². The van der Waals surface area contributed by atoms with Crippen LogP contribution in [-0.2, 0) is 16.1 Å². The Labute approximate surface area is 151 Å². The van der Waals surface area contributed by atoms with Crippen LogP contribution in [0.1, 0.15) is 22.3 Å². The molecule has 2 amide bonds. The fraction of sp³-hybridized carbons (Fsp3) is 0.316. The number of carbonyl (C=O) groups is 2. The Morgan fingerprint density at radius 3 is 2.85 bits per heavy atom. The van der Waals surface area contributed by atoms with Crippen LogP contribution in [0.5, 0.6) is 0 Å². The molecule has 1 unspecified atom stereocenters. The third-order valence-corrected chi connectivity index (χ3v) is 4.78. The van der Waals surface area contributed by atoms with Crippen molar-refractivity contribution in [2.45, 2.75) is 13.0 Å². The van der Waals surface area contributed by atoms with E-state index in [9.17, 15) is 9.59 Å². The van der Waals surface area contributed by atoms with E-state index in [2.05, 4.69) is 17.0 Å². The van der Waals surface area contributed by atoms with Crippen molar-refractivity contribution >= 4 is 23.3 Å². The number of nitrogens with zero attached hydrogens (tertiary/aromatic N) is 3. The molecule has 3 heterocycles. The standard InChI is InChI=1S/C19H20N4O3/c1-13-15-4-2-3-5-16(15)19(25)22(13)11-18(24)21-17-6-8-20-23(17)10-14-7-9-26-12-14/h2-6,8,14H,1,7,9-12H2,(H,21,24). The molecule has 0 saturated carbocycles. The van der Waals surface area contributed by atoms with Gasteiger partial charge in [-0.05, 0) is 12.5 Å². The average Bonchev–Trinajstić information content (AvgIpc) is 3.35. The number of fused-ring (bicyclic) bond motifs is 1. The van der Waals surface area contributed by atoms with Crippen LogP contribution in [0.25, 0.3) is 5.70 Å². The molecule has 0 aliphatic carbocycles. The number of amides is 2. The maximum atomic E-state index is 12.5. The summed E-state index contributed by atoms with van der Waals surface area (Å²) in [7, 11) is 0. The first-order valence-corrected chi connectivity index (χ1v) is 8.63. The van der Waals surface area contributed by atoms with E-state index in [1.54, 1.807) is 29.1 Å². The molecule has 4 rings (SSSR count). The highest BCUT2D eigenvalue weighted by Crippen LogP contribution is 2.30. The first-order chi connectivity index (χ1) is 12.6. The van der Waals surface area contributed by atoms with Gasteiger partial charge in [-0.3, -0.25) is 14.5 Å². The van der Waals surface area contributed by atoms with E-state index < -0.39 is 0 Å². The van der Waals surface area contributed by atoms with Crippen LogP contribution >= 0.6 is 0 Å². The van der Waals surface area contributed by atoms with Gasteiger partial charge in [-0.2, -0.15) is 5.10 Å². The number of anilines is 1. The summed E-state index contributed by atoms with van der Waals surface area (Å²) in [5.41, 5.74) is 1.91. The molecule has 7 heteroatoms. The molecule has 1 atom stereocenters. The predicted octanol–water partition coefficient (Wildman–Crippen LogP) is 1.98. The minimum atomic E-state index is -0.281. The number of rotatable bonds is 5. The Kier molecular flexibility index (Phi) is 4.30. The highest BCUT2D eigenvalue weighted by Gasteiger charge is 2.32. The Balaban J connectivity index is 1.42. The fourth-order valence-electron chi connectivity index (χ4n) is 3.38. The summed E-state index contributed by atoms with van der Waals surface area (Å²) in [5, 5.41) is 7.12. The van der Waals surface area contributed by atoms with Crippen molar-refractivity contribution in [3.8, 4) is 0 Å². The molecule has 2 aromatic rings. The average molecular weight is 352 g/mol. The zero-order valence-corrected chi connectivity index (χ0v) is 14.4. The van der Waals surface area contributed by atoms with Gasteiger partial charge in [0.2, 0.25) is 5.91 Å². The molecule has 1 fully saturated rings. The quantitative estimate of drug-likeness (QED) is 0.893. The Hall–Kier alpha value is -2.93. The van der Waals surface area contributed by atoms with Crippen molar-refractivity contribution in [2.24, 2.45) is 5.92 Å². The summed E-state index contributed by atoms with van der Waals surface area (Å²) >= 11 is 0. The van der Waals surface area contributed by atoms with Gasteiger partial charge >= 0.3 is 0 Å². The van der Waals surface area contributed by atoms with E-state index in [-0.39, 0.29) is 18.4 Å². The van der Waals surface area contributed by atoms with E-state index in [1.165, 1.54) is 4.90 Å². The van der Waals surface area contributed by atoms with Gasteiger partial charge in [0.1, 0.15) is 12.4 Å². The van der Waals surface area contributed by atoms with Gasteiger partial charge in [-0.25, -0.2) is 4.68 Å². The Morgan fingerprint density at radius 2 is 2.12 bits per heavy atom. The number of ether oxygens (including phenoxy) is 1. The number of hydrogen-bond donors (Lipinski definition) is 1. The van der Waals surface area contributed by atoms with Crippen molar-refractivity contribution in [1.29, 1.82) is 0 Å². The lowest BCUT2D eigenvalue weighted by molar-refractivity contribution is -0.116. The molecule has 0 radical (unpaired) electrons. The zero-order chi connectivity index (χ0) is 18.1. The van der Waals surface area contributed by atoms with E-state index in [1.807, 2.05) is 12.1 Å². The molecular weight excluding hydrogens is 332 g/mol. The first-order valence-electron chi connectivity index (χ1n) is 8.63. The van der Waals surface area contributed by atoms with E-state index in [4.69, 9.17) is 4.74 Å². The monoisotopic (exact) mass is 352 g/mol. The van der Waals surface area contributed by atoms with Crippen molar-refractivity contribution in [3.63, 3.8) is 0 Å². The summed E-state index contributed by atoms with van der Waals surface area (Å²) in [6.07, 6.45) is 2.65. The number of nitrogens with one attached hydrogen (secondary N) is 1. The highest BCUT2D eigenvalue weighted by molar-refractivity contribution is 6.11. The lowest BCUT2D eigenvalue weighted by atomic mass is 10.1. The van der Waals surface area contributed by atoms with Gasteiger partial charge in [-0.15, -0.1) is 0 Å². The molecule has 26 heavy (non-hydrogen) atoms. The molecule has 2 aliphatic heterocycles. The van der Waals surface area contributed by atoms with Crippen molar-refractivity contribution in [2.75, 3.05) is 25.1 Å². The number of carbonyl (C=O) groups excluding carboxylic acids is 2. The number of hydrogen-bond acceptors (Lipinski definition) is 4. The number of aromatic nitrogens is 2. The summed E-state index contributed by atoms with van der Waals surface area (Å²) in [6.45, 7) is 6.06. The van der Waals surface area contributed by atoms with Crippen LogP contribution in [0.4, 0.5) is 5.82 Å². The maximum absolute atomic E-state index is 12.5. The van der Waals surface area contributed by atoms with Gasteiger partial charge in [0.25, 0.3) is 5.91 Å². The SMILES string of the molecule is C=C1c2ccccc2C(=O)N1CC(=O)Nc1ccnn1CC1CCOC1. The second-order valence-corrected chi connectivity index (χ2v) is 6.56. The smallest absolute Gasteiger partial charge is 0.259 e. The van der Waals surface area contributed by atoms with Crippen LogP contribution in [0.2, 0.25) is 0 Å². The van der Waals surface area contributed by atoms with E-state index >= 15 is 0 Å². The molecule has 2 aliphatic rings. The van der Waals surface area contributed by atoms with Crippen LogP contribution in [0, 0.1) is 5.92 Å². The minimum Gasteiger partial charge on any atom is -0.381 e. The summed E-state index contributed by atoms with van der Waals surface area (Å²) in [4.78, 5) is 26.4. The Bertz CT molecular complexity index is 832. The van der Waals surface area contributed by atoms with Gasteiger partial charge in [0.15, 0.2) is 0 Å². The van der Waals surface area contributed by atoms with Crippen LogP contribution in [0.3, 0.4) is 0 Å². The van der Waals surface area contributed by atoms with Crippen molar-refractivity contribution in [3.05, 3.63) is 54.2 Å². The molecule has 1 aromatic carbocycles. The first kappa shape index (κ1) is 16.5. The molecule has 1 aromatic heterocycles.